The van der Waals surface area contributed by atoms with E-state index in [1.54, 1.807) is 0 Å². The zero-order valence-electron chi connectivity index (χ0n) is 56.1. The molecule has 5 N–H and O–H groups in total. The van der Waals surface area contributed by atoms with Gasteiger partial charge in [0, 0.05) is 41.9 Å². The Labute approximate surface area is 546 Å². The van der Waals surface area contributed by atoms with Gasteiger partial charge in [-0.25, -0.2) is 0 Å². The molecule has 10 bridgehead atoms. The van der Waals surface area contributed by atoms with Crippen molar-refractivity contribution in [1.82, 2.24) is 45.3 Å². The van der Waals surface area contributed by atoms with E-state index in [2.05, 4.69) is 32.2 Å². The lowest BCUT2D eigenvalue weighted by Crippen LogP contribution is -2.56. The lowest BCUT2D eigenvalue weighted by molar-refractivity contribution is -0.150. The first-order valence-corrected chi connectivity index (χ1v) is 38.1. The zero-order valence-corrected chi connectivity index (χ0v) is 56.1. The average Bonchev–Trinajstić information content (AvgIpc) is 0.916. The lowest BCUT2D eigenvalue weighted by atomic mass is 9.48. The van der Waals surface area contributed by atoms with Gasteiger partial charge in [0.05, 0.1) is 66.0 Å². The van der Waals surface area contributed by atoms with Gasteiger partial charge in [-0.15, -0.1) is 0 Å². The molecule has 3 aromatic heterocycles. The molecule has 17 heteroatoms. The molecule has 92 heavy (non-hydrogen) atoms. The molecule has 6 unspecified atom stereocenters. The number of aromatic nitrogens is 6. The number of methoxy groups -OCH3 is 1. The van der Waals surface area contributed by atoms with Crippen LogP contribution in [0.15, 0.2) is 0 Å². The van der Waals surface area contributed by atoms with Crippen LogP contribution in [-0.2, 0) is 33.5 Å². The predicted molar refractivity (Wildman–Crippen MR) is 350 cm³/mol. The molecule has 17 nitrogen and oxygen atoms in total. The molecule has 16 aliphatic carbocycles. The van der Waals surface area contributed by atoms with Gasteiger partial charge in [0.2, 0.25) is 0 Å². The molecule has 0 radical (unpaired) electrons. The minimum Gasteiger partial charge on any atom is -0.466 e. The SMILES string of the molecule is CC(NC(=O)c1nn(C2CCCCC2)c2c1CCCC2O)C12CC3CC(CC(C3)C1)C2.CCOC(=O)[C@H]1C2CCC(C2)[C@H]1NC(=O)c1nn(C2CCCCC2)c2c1CCCC2O.COC1CCCc2c(C(=O)NC3C4CC5CC(C4)CC3C5)nn(C3CCCCC3)c21. The Bertz CT molecular complexity index is 3100. The molecule has 3 amide bonds. The number of hydrogen-bond donors (Lipinski definition) is 5. The molecule has 3 heterocycles. The van der Waals surface area contributed by atoms with Crippen molar-refractivity contribution in [3.05, 3.63) is 50.9 Å². The summed E-state index contributed by atoms with van der Waals surface area (Å²) in [5.74, 6) is 6.07. The number of carbonyl (C=O) groups excluding carboxylic acids is 4. The van der Waals surface area contributed by atoms with Crippen molar-refractivity contribution in [2.24, 2.45) is 64.6 Å². The van der Waals surface area contributed by atoms with E-state index in [1.807, 2.05) is 18.7 Å². The van der Waals surface area contributed by atoms with E-state index < -0.39 is 12.2 Å². The van der Waals surface area contributed by atoms with Crippen molar-refractivity contribution >= 4 is 23.7 Å². The normalized spacial score (nSPS) is 36.2. The molecule has 13 saturated carbocycles. The highest BCUT2D eigenvalue weighted by Crippen LogP contribution is 2.62. The van der Waals surface area contributed by atoms with Crippen molar-refractivity contribution in [3.63, 3.8) is 0 Å². The fourth-order valence-corrected chi connectivity index (χ4v) is 23.4. The predicted octanol–water partition coefficient (Wildman–Crippen LogP) is 13.5. The Hall–Kier alpha value is -4.61. The first-order chi connectivity index (χ1) is 44.8. The van der Waals surface area contributed by atoms with Gasteiger partial charge < -0.3 is 35.6 Å². The van der Waals surface area contributed by atoms with E-state index in [4.69, 9.17) is 24.8 Å². The number of esters is 1. The van der Waals surface area contributed by atoms with Crippen molar-refractivity contribution < 1.29 is 38.9 Å². The van der Waals surface area contributed by atoms with Crippen molar-refractivity contribution in [3.8, 4) is 0 Å². The number of carbonyl (C=O) groups is 4. The monoisotopic (exact) mass is 1270 g/mol. The van der Waals surface area contributed by atoms with Crippen LogP contribution in [0, 0.1) is 64.6 Å². The Balaban J connectivity index is 0.000000115. The Kier molecular flexibility index (Phi) is 18.5. The molecule has 19 rings (SSSR count). The molecular weight excluding hydrogens is 1150 g/mol. The Morgan fingerprint density at radius 2 is 0.913 bits per heavy atom. The average molecular weight is 1270 g/mol. The standard InChI is InChI=1S/C26H39N3O2.C25H37N3O2.C24H35N3O4/c1-16(26-13-17-10-18(14-26)12-19(11-17)15-26)27-25(31)23-21-8-5-9-22(30)24(21)29(28-23)20-6-3-2-4-7-20;1-30-21-9-5-8-20-23(27-28(24(20)21)19-6-3-2-4-7-19)25(29)26-22-17-11-15-10-16(13-17)14-18(22)12-15;1-2-31-24(30)19-14-11-12-15(13-14)20(19)25-23(29)21-17-9-6-10-18(28)22(17)27(26-21)16-7-4-3-5-8-16/h16-20,22,30H,2-15H2,1H3,(H,27,31);15-19,21-22H,2-14H2,1H3,(H,26,29);14-16,18-20,28H,2-13H2,1H3,(H,25,29)/t;;14?,15?,18?,19-,20+/m..0/s1. The smallest absolute Gasteiger partial charge is 0.311 e. The minimum absolute atomic E-state index is 0.00292. The molecule has 0 saturated heterocycles. The maximum absolute atomic E-state index is 13.6. The molecule has 13 fully saturated rings. The van der Waals surface area contributed by atoms with Gasteiger partial charge in [0.1, 0.15) is 0 Å². The van der Waals surface area contributed by atoms with Crippen LogP contribution in [0.1, 0.15) is 340 Å². The van der Waals surface area contributed by atoms with E-state index in [-0.39, 0.29) is 53.8 Å². The number of aliphatic hydroxyl groups is 2. The van der Waals surface area contributed by atoms with Gasteiger partial charge in [0.15, 0.2) is 17.1 Å². The summed E-state index contributed by atoms with van der Waals surface area (Å²) in [7, 11) is 1.81. The number of rotatable bonds is 13. The van der Waals surface area contributed by atoms with E-state index in [0.717, 1.165) is 155 Å². The molecule has 0 spiro atoms. The van der Waals surface area contributed by atoms with E-state index in [0.29, 0.717) is 70.9 Å². The van der Waals surface area contributed by atoms with E-state index >= 15 is 0 Å². The van der Waals surface area contributed by atoms with E-state index in [1.165, 1.54) is 153 Å². The first-order valence-electron chi connectivity index (χ1n) is 38.1. The number of aliphatic hydroxyl groups excluding tert-OH is 2. The largest absolute Gasteiger partial charge is 0.466 e. The third kappa shape index (κ3) is 12.1. The number of fused-ring (bicyclic) bond motifs is 5. The molecule has 0 aliphatic heterocycles. The summed E-state index contributed by atoms with van der Waals surface area (Å²) in [6, 6.07) is 1.46. The van der Waals surface area contributed by atoms with Crippen LogP contribution < -0.4 is 16.0 Å². The summed E-state index contributed by atoms with van der Waals surface area (Å²) in [4.78, 5) is 53.2. The highest BCUT2D eigenvalue weighted by molar-refractivity contribution is 5.96. The molecule has 3 aromatic rings. The number of nitrogens with one attached hydrogen (secondary N) is 3. The fourth-order valence-electron chi connectivity index (χ4n) is 23.4. The second-order valence-corrected chi connectivity index (χ2v) is 32.8. The maximum Gasteiger partial charge on any atom is 0.311 e. The van der Waals surface area contributed by atoms with Gasteiger partial charge in [-0.2, -0.15) is 15.3 Å². The number of amides is 3. The maximum atomic E-state index is 13.6. The van der Waals surface area contributed by atoms with Crippen LogP contribution in [0.3, 0.4) is 0 Å². The Morgan fingerprint density at radius 3 is 1.39 bits per heavy atom. The number of hydrogen-bond acceptors (Lipinski definition) is 11. The molecule has 16 aliphatic rings. The summed E-state index contributed by atoms with van der Waals surface area (Å²) in [5.41, 5.74) is 8.23. The molecule has 0 aromatic carbocycles. The van der Waals surface area contributed by atoms with Crippen molar-refractivity contribution in [2.45, 2.75) is 312 Å². The second kappa shape index (κ2) is 26.8. The summed E-state index contributed by atoms with van der Waals surface area (Å²) in [6.07, 6.45) is 43.1. The molecular formula is C75H111N9O8. The number of ether oxygens (including phenoxy) is 2. The van der Waals surface area contributed by atoms with Crippen LogP contribution >= 0.6 is 0 Å². The Morgan fingerprint density at radius 1 is 0.489 bits per heavy atom. The molecule has 8 atom stereocenters. The van der Waals surface area contributed by atoms with Crippen molar-refractivity contribution in [2.75, 3.05) is 13.7 Å². The topological polar surface area (TPSA) is 217 Å². The van der Waals surface area contributed by atoms with Crippen LogP contribution in [-0.4, -0.2) is 95.1 Å². The van der Waals surface area contributed by atoms with Crippen molar-refractivity contribution in [1.29, 1.82) is 0 Å². The third-order valence-corrected chi connectivity index (χ3v) is 27.1. The molecule has 504 valence electrons. The zero-order chi connectivity index (χ0) is 62.9. The highest BCUT2D eigenvalue weighted by Gasteiger charge is 2.55. The number of nitrogens with zero attached hydrogens (tertiary/aromatic N) is 6. The van der Waals surface area contributed by atoms with Gasteiger partial charge in [-0.1, -0.05) is 57.8 Å². The third-order valence-electron chi connectivity index (χ3n) is 27.1. The van der Waals surface area contributed by atoms with Crippen LogP contribution in [0.4, 0.5) is 0 Å². The van der Waals surface area contributed by atoms with Gasteiger partial charge >= 0.3 is 5.97 Å². The van der Waals surface area contributed by atoms with E-state index in [9.17, 15) is 29.4 Å². The van der Waals surface area contributed by atoms with Gasteiger partial charge in [-0.3, -0.25) is 33.2 Å². The minimum atomic E-state index is -0.547. The van der Waals surface area contributed by atoms with Gasteiger partial charge in [-0.05, 0) is 259 Å². The summed E-state index contributed by atoms with van der Waals surface area (Å²) >= 11 is 0. The quantitative estimate of drug-likeness (QED) is 0.101. The van der Waals surface area contributed by atoms with Gasteiger partial charge in [0.25, 0.3) is 17.7 Å². The van der Waals surface area contributed by atoms with Crippen LogP contribution in [0.5, 0.6) is 0 Å². The first kappa shape index (κ1) is 63.4. The van der Waals surface area contributed by atoms with Crippen LogP contribution in [0.2, 0.25) is 0 Å². The second-order valence-electron chi connectivity index (χ2n) is 32.8. The summed E-state index contributed by atoms with van der Waals surface area (Å²) in [6.45, 7) is 4.45. The highest BCUT2D eigenvalue weighted by atomic mass is 16.5. The van der Waals surface area contributed by atoms with Crippen LogP contribution in [0.25, 0.3) is 0 Å². The summed E-state index contributed by atoms with van der Waals surface area (Å²) in [5, 5.41) is 46.5. The fraction of sp³-hybridized carbons (Fsp3) is 0.827. The lowest BCUT2D eigenvalue weighted by Gasteiger charge is -2.59. The summed E-state index contributed by atoms with van der Waals surface area (Å²) < 4.78 is 17.5.